The van der Waals surface area contributed by atoms with Gasteiger partial charge < -0.3 is 20.9 Å². The van der Waals surface area contributed by atoms with Crippen molar-refractivity contribution in [2.24, 2.45) is 0 Å². The Bertz CT molecular complexity index is 671. The van der Waals surface area contributed by atoms with Crippen LogP contribution < -0.4 is 20.9 Å². The first-order valence-electron chi connectivity index (χ1n) is 9.04. The van der Waals surface area contributed by atoms with E-state index in [0.29, 0.717) is 6.61 Å². The van der Waals surface area contributed by atoms with Crippen molar-refractivity contribution in [1.82, 2.24) is 0 Å². The van der Waals surface area contributed by atoms with E-state index in [0.717, 1.165) is 66.3 Å². The van der Waals surface area contributed by atoms with Gasteiger partial charge in [-0.2, -0.15) is 0 Å². The number of anilines is 2. The number of hydrogen-bond acceptors (Lipinski definition) is 4. The van der Waals surface area contributed by atoms with E-state index in [9.17, 15) is 0 Å². The molecule has 4 nitrogen and oxygen atoms in total. The molecule has 0 aliphatic rings. The number of benzene rings is 2. The van der Waals surface area contributed by atoms with Crippen molar-refractivity contribution in [1.29, 1.82) is 0 Å². The molecule has 0 saturated heterocycles. The lowest BCUT2D eigenvalue weighted by Gasteiger charge is -2.10. The van der Waals surface area contributed by atoms with Crippen LogP contribution >= 0.6 is 0 Å². The second-order valence-corrected chi connectivity index (χ2v) is 6.47. The van der Waals surface area contributed by atoms with Crippen LogP contribution in [0.4, 0.5) is 11.4 Å². The predicted octanol–water partition coefficient (Wildman–Crippen LogP) is 4.88. The summed E-state index contributed by atoms with van der Waals surface area (Å²) >= 11 is 0. The number of unbranched alkanes of at least 4 members (excludes halogenated alkanes) is 4. The second kappa shape index (κ2) is 9.82. The summed E-state index contributed by atoms with van der Waals surface area (Å²) in [5, 5.41) is 0. The summed E-state index contributed by atoms with van der Waals surface area (Å²) in [6, 6.07) is 11.8. The number of aryl methyl sites for hydroxylation is 2. The summed E-state index contributed by atoms with van der Waals surface area (Å²) in [6.45, 7) is 5.44. The molecule has 0 spiro atoms. The second-order valence-electron chi connectivity index (χ2n) is 6.47. The van der Waals surface area contributed by atoms with Gasteiger partial charge in [-0.15, -0.1) is 0 Å². The van der Waals surface area contributed by atoms with Crippen LogP contribution in [-0.4, -0.2) is 13.2 Å². The average molecular weight is 342 g/mol. The summed E-state index contributed by atoms with van der Waals surface area (Å²) < 4.78 is 11.5. The SMILES string of the molecule is Cc1ccc(OCCCCCCCOc2cccc(C)c2N)cc1N. The van der Waals surface area contributed by atoms with Gasteiger partial charge in [0, 0.05) is 11.8 Å². The van der Waals surface area contributed by atoms with Crippen molar-refractivity contribution < 1.29 is 9.47 Å². The third kappa shape index (κ3) is 6.22. The molecule has 25 heavy (non-hydrogen) atoms. The first kappa shape index (κ1) is 19.0. The molecule has 0 fully saturated rings. The van der Waals surface area contributed by atoms with E-state index in [-0.39, 0.29) is 0 Å². The quantitative estimate of drug-likeness (QED) is 0.477. The molecule has 2 aromatic rings. The molecule has 0 atom stereocenters. The summed E-state index contributed by atoms with van der Waals surface area (Å²) in [7, 11) is 0. The highest BCUT2D eigenvalue weighted by atomic mass is 16.5. The predicted molar refractivity (Wildman–Crippen MR) is 105 cm³/mol. The number of para-hydroxylation sites is 1. The van der Waals surface area contributed by atoms with Crippen LogP contribution in [0, 0.1) is 13.8 Å². The van der Waals surface area contributed by atoms with Crippen LogP contribution in [0.15, 0.2) is 36.4 Å². The first-order chi connectivity index (χ1) is 12.1. The standard InChI is InChI=1S/C21H30N2O2/c1-16-11-12-18(15-19(16)22)24-13-6-4-3-5-7-14-25-20-10-8-9-17(2)21(20)23/h8-12,15H,3-7,13-14,22-23H2,1-2H3. The van der Waals surface area contributed by atoms with Crippen molar-refractivity contribution >= 4 is 11.4 Å². The Morgan fingerprint density at radius 3 is 2.16 bits per heavy atom. The molecule has 136 valence electrons. The highest BCUT2D eigenvalue weighted by molar-refractivity contribution is 5.57. The minimum Gasteiger partial charge on any atom is -0.494 e. The lowest BCUT2D eigenvalue weighted by atomic mass is 10.1. The van der Waals surface area contributed by atoms with Gasteiger partial charge in [-0.1, -0.05) is 37.5 Å². The molecule has 4 N–H and O–H groups in total. The van der Waals surface area contributed by atoms with Crippen LogP contribution in [-0.2, 0) is 0 Å². The van der Waals surface area contributed by atoms with Crippen LogP contribution in [0.3, 0.4) is 0 Å². The van der Waals surface area contributed by atoms with E-state index in [1.807, 2.05) is 50.2 Å². The largest absolute Gasteiger partial charge is 0.494 e. The maximum atomic E-state index is 6.00. The highest BCUT2D eigenvalue weighted by Gasteiger charge is 2.02. The van der Waals surface area contributed by atoms with E-state index in [4.69, 9.17) is 20.9 Å². The van der Waals surface area contributed by atoms with Gasteiger partial charge in [0.1, 0.15) is 11.5 Å². The van der Waals surface area contributed by atoms with E-state index in [2.05, 4.69) is 0 Å². The molecule has 0 aliphatic carbocycles. The van der Waals surface area contributed by atoms with Gasteiger partial charge in [-0.3, -0.25) is 0 Å². The topological polar surface area (TPSA) is 70.5 Å². The summed E-state index contributed by atoms with van der Waals surface area (Å²) in [5.74, 6) is 1.65. The van der Waals surface area contributed by atoms with Gasteiger partial charge >= 0.3 is 0 Å². The van der Waals surface area contributed by atoms with E-state index < -0.39 is 0 Å². The number of ether oxygens (including phenoxy) is 2. The lowest BCUT2D eigenvalue weighted by Crippen LogP contribution is -2.02. The molecule has 2 rings (SSSR count). The minimum atomic E-state index is 0.715. The Hall–Kier alpha value is -2.36. The van der Waals surface area contributed by atoms with Crippen molar-refractivity contribution in [3.8, 4) is 11.5 Å². The summed E-state index contributed by atoms with van der Waals surface area (Å²) in [5.41, 5.74) is 15.6. The third-order valence-corrected chi connectivity index (χ3v) is 4.35. The fourth-order valence-corrected chi connectivity index (χ4v) is 2.59. The molecular formula is C21H30N2O2. The molecule has 4 heteroatoms. The zero-order valence-corrected chi connectivity index (χ0v) is 15.4. The van der Waals surface area contributed by atoms with Gasteiger partial charge in [0.15, 0.2) is 0 Å². The fraction of sp³-hybridized carbons (Fsp3) is 0.429. The Morgan fingerprint density at radius 1 is 0.760 bits per heavy atom. The Balaban J connectivity index is 1.51. The van der Waals surface area contributed by atoms with Gasteiger partial charge in [0.2, 0.25) is 0 Å². The number of rotatable bonds is 10. The van der Waals surface area contributed by atoms with Gasteiger partial charge in [-0.25, -0.2) is 0 Å². The molecule has 2 aromatic carbocycles. The Morgan fingerprint density at radius 2 is 1.44 bits per heavy atom. The maximum absolute atomic E-state index is 6.00. The molecule has 0 bridgehead atoms. The van der Waals surface area contributed by atoms with Gasteiger partial charge in [0.05, 0.1) is 18.9 Å². The zero-order chi connectivity index (χ0) is 18.1. The molecule has 0 aliphatic heterocycles. The van der Waals surface area contributed by atoms with Crippen molar-refractivity contribution in [2.45, 2.75) is 46.0 Å². The third-order valence-electron chi connectivity index (χ3n) is 4.35. The van der Waals surface area contributed by atoms with Crippen molar-refractivity contribution in [3.05, 3.63) is 47.5 Å². The Kier molecular flexibility index (Phi) is 7.45. The van der Waals surface area contributed by atoms with E-state index >= 15 is 0 Å². The molecule has 0 saturated carbocycles. The van der Waals surface area contributed by atoms with Gasteiger partial charge in [-0.05, 0) is 49.9 Å². The van der Waals surface area contributed by atoms with Crippen LogP contribution in [0.25, 0.3) is 0 Å². The average Bonchev–Trinajstić information content (AvgIpc) is 2.60. The van der Waals surface area contributed by atoms with E-state index in [1.54, 1.807) is 0 Å². The first-order valence-corrected chi connectivity index (χ1v) is 9.04. The molecule has 0 amide bonds. The fourth-order valence-electron chi connectivity index (χ4n) is 2.59. The molecule has 0 aromatic heterocycles. The Labute approximate surface area is 151 Å². The highest BCUT2D eigenvalue weighted by Crippen LogP contribution is 2.24. The molecular weight excluding hydrogens is 312 g/mol. The van der Waals surface area contributed by atoms with E-state index in [1.165, 1.54) is 6.42 Å². The smallest absolute Gasteiger partial charge is 0.142 e. The number of nitrogens with two attached hydrogens (primary N) is 2. The number of nitrogen functional groups attached to an aromatic ring is 2. The van der Waals surface area contributed by atoms with Crippen LogP contribution in [0.1, 0.15) is 43.2 Å². The lowest BCUT2D eigenvalue weighted by molar-refractivity contribution is 0.294. The normalized spacial score (nSPS) is 10.6. The number of hydrogen-bond donors (Lipinski definition) is 2. The van der Waals surface area contributed by atoms with Gasteiger partial charge in [0.25, 0.3) is 0 Å². The molecule has 0 heterocycles. The summed E-state index contributed by atoms with van der Waals surface area (Å²) in [6.07, 6.45) is 5.60. The summed E-state index contributed by atoms with van der Waals surface area (Å²) in [4.78, 5) is 0. The van der Waals surface area contributed by atoms with Crippen LogP contribution in [0.5, 0.6) is 11.5 Å². The van der Waals surface area contributed by atoms with Crippen molar-refractivity contribution in [3.63, 3.8) is 0 Å². The van der Waals surface area contributed by atoms with Crippen LogP contribution in [0.2, 0.25) is 0 Å². The maximum Gasteiger partial charge on any atom is 0.142 e. The molecule has 0 radical (unpaired) electrons. The van der Waals surface area contributed by atoms with Crippen molar-refractivity contribution in [2.75, 3.05) is 24.7 Å². The monoisotopic (exact) mass is 342 g/mol. The zero-order valence-electron chi connectivity index (χ0n) is 15.4. The molecule has 0 unspecified atom stereocenters. The minimum absolute atomic E-state index is 0.715.